The van der Waals surface area contributed by atoms with Gasteiger partial charge in [0.05, 0.1) is 11.3 Å². The van der Waals surface area contributed by atoms with E-state index in [0.717, 1.165) is 37.3 Å². The Morgan fingerprint density at radius 3 is 2.85 bits per heavy atom. The summed E-state index contributed by atoms with van der Waals surface area (Å²) in [6.07, 6.45) is 6.19. The van der Waals surface area contributed by atoms with Crippen LogP contribution in [0, 0.1) is 0 Å². The number of nitrogens with zero attached hydrogens (tertiary/aromatic N) is 2. The Morgan fingerprint density at radius 1 is 1.45 bits per heavy atom. The first-order chi connectivity index (χ1) is 9.54. The van der Waals surface area contributed by atoms with Crippen molar-refractivity contribution < 1.29 is 5.11 Å². The zero-order valence-corrected chi connectivity index (χ0v) is 13.2. The van der Waals surface area contributed by atoms with Gasteiger partial charge in [0.2, 0.25) is 0 Å². The summed E-state index contributed by atoms with van der Waals surface area (Å²) in [5.41, 5.74) is 1.62. The molecule has 4 heteroatoms. The van der Waals surface area contributed by atoms with Crippen LogP contribution in [0.5, 0.6) is 0 Å². The number of aryl methyl sites for hydroxylation is 2. The molecule has 4 nitrogen and oxygen atoms in total. The fourth-order valence-electron chi connectivity index (χ4n) is 3.20. The van der Waals surface area contributed by atoms with Gasteiger partial charge in [-0.1, -0.05) is 13.3 Å². The molecular weight excluding hydrogens is 250 g/mol. The van der Waals surface area contributed by atoms with E-state index in [9.17, 15) is 5.11 Å². The van der Waals surface area contributed by atoms with E-state index >= 15 is 0 Å². The van der Waals surface area contributed by atoms with Crippen molar-refractivity contribution in [3.8, 4) is 0 Å². The van der Waals surface area contributed by atoms with E-state index < -0.39 is 5.60 Å². The van der Waals surface area contributed by atoms with Gasteiger partial charge in [0, 0.05) is 24.7 Å². The van der Waals surface area contributed by atoms with Gasteiger partial charge in [0.25, 0.3) is 0 Å². The molecule has 0 saturated carbocycles. The van der Waals surface area contributed by atoms with Crippen molar-refractivity contribution in [1.82, 2.24) is 15.1 Å². The Kier molecular flexibility index (Phi) is 5.22. The number of piperidine rings is 1. The lowest BCUT2D eigenvalue weighted by molar-refractivity contribution is 0.0352. The molecule has 1 saturated heterocycles. The van der Waals surface area contributed by atoms with Crippen LogP contribution < -0.4 is 5.32 Å². The second-order valence-electron chi connectivity index (χ2n) is 6.32. The van der Waals surface area contributed by atoms with E-state index in [1.165, 1.54) is 19.3 Å². The van der Waals surface area contributed by atoms with Crippen molar-refractivity contribution in [2.75, 3.05) is 6.54 Å². The second-order valence-corrected chi connectivity index (χ2v) is 6.32. The first-order valence-corrected chi connectivity index (χ1v) is 8.05. The van der Waals surface area contributed by atoms with Crippen LogP contribution in [0.1, 0.15) is 57.8 Å². The molecule has 1 aromatic rings. The summed E-state index contributed by atoms with van der Waals surface area (Å²) in [6, 6.07) is 2.61. The summed E-state index contributed by atoms with van der Waals surface area (Å²) < 4.78 is 2.03. The van der Waals surface area contributed by atoms with Crippen LogP contribution in [0.2, 0.25) is 0 Å². The molecule has 114 valence electrons. The van der Waals surface area contributed by atoms with Gasteiger partial charge in [0.15, 0.2) is 0 Å². The molecule has 20 heavy (non-hydrogen) atoms. The quantitative estimate of drug-likeness (QED) is 0.840. The van der Waals surface area contributed by atoms with Gasteiger partial charge in [-0.15, -0.1) is 0 Å². The molecule has 0 aromatic carbocycles. The maximum atomic E-state index is 10.7. The standard InChI is InChI=1S/C16H29N3O/c1-4-13-10-15(19(5-2)18-13)12-16(3,20)11-14-8-6-7-9-17-14/h10,14,17,20H,4-9,11-12H2,1-3H3. The lowest BCUT2D eigenvalue weighted by Gasteiger charge is -2.31. The van der Waals surface area contributed by atoms with Crippen LogP contribution in [-0.2, 0) is 19.4 Å². The number of hydrogen-bond acceptors (Lipinski definition) is 3. The van der Waals surface area contributed by atoms with Crippen LogP contribution in [0.25, 0.3) is 0 Å². The third-order valence-corrected chi connectivity index (χ3v) is 4.24. The minimum absolute atomic E-state index is 0.461. The van der Waals surface area contributed by atoms with E-state index in [-0.39, 0.29) is 0 Å². The molecule has 2 heterocycles. The molecule has 1 aromatic heterocycles. The van der Waals surface area contributed by atoms with Crippen LogP contribution in [0.4, 0.5) is 0 Å². The average molecular weight is 279 g/mol. The molecule has 1 fully saturated rings. The number of nitrogens with one attached hydrogen (secondary N) is 1. The summed E-state index contributed by atoms with van der Waals surface area (Å²) in [6.45, 7) is 8.15. The molecule has 0 aliphatic carbocycles. The molecule has 0 radical (unpaired) electrons. The molecule has 0 amide bonds. The van der Waals surface area contributed by atoms with E-state index in [1.54, 1.807) is 0 Å². The van der Waals surface area contributed by atoms with Crippen molar-refractivity contribution in [3.63, 3.8) is 0 Å². The maximum Gasteiger partial charge on any atom is 0.0689 e. The van der Waals surface area contributed by atoms with Gasteiger partial charge >= 0.3 is 0 Å². The molecule has 1 aliphatic rings. The molecule has 2 rings (SSSR count). The predicted molar refractivity (Wildman–Crippen MR) is 81.9 cm³/mol. The average Bonchev–Trinajstić information content (AvgIpc) is 2.80. The highest BCUT2D eigenvalue weighted by Crippen LogP contribution is 2.23. The Hall–Kier alpha value is -0.870. The fourth-order valence-corrected chi connectivity index (χ4v) is 3.20. The summed E-state index contributed by atoms with van der Waals surface area (Å²) in [5.74, 6) is 0. The fraction of sp³-hybridized carbons (Fsp3) is 0.812. The minimum Gasteiger partial charge on any atom is -0.390 e. The van der Waals surface area contributed by atoms with Crippen LogP contribution in [0.15, 0.2) is 6.07 Å². The third kappa shape index (κ3) is 4.06. The summed E-state index contributed by atoms with van der Waals surface area (Å²) in [5, 5.41) is 18.8. The highest BCUT2D eigenvalue weighted by molar-refractivity contribution is 5.13. The molecule has 2 atom stereocenters. The van der Waals surface area contributed by atoms with E-state index in [1.807, 2.05) is 11.6 Å². The monoisotopic (exact) mass is 279 g/mol. The summed E-state index contributed by atoms with van der Waals surface area (Å²) in [7, 11) is 0. The molecular formula is C16H29N3O. The number of rotatable bonds is 6. The normalized spacial score (nSPS) is 22.7. The van der Waals surface area contributed by atoms with Crippen molar-refractivity contribution in [2.24, 2.45) is 0 Å². The first kappa shape index (κ1) is 15.5. The van der Waals surface area contributed by atoms with Gasteiger partial charge in [-0.05, 0) is 52.1 Å². The molecule has 0 spiro atoms. The molecule has 0 bridgehead atoms. The maximum absolute atomic E-state index is 10.7. The zero-order valence-electron chi connectivity index (χ0n) is 13.2. The third-order valence-electron chi connectivity index (χ3n) is 4.24. The molecule has 2 N–H and O–H groups in total. The Balaban J connectivity index is 2.00. The van der Waals surface area contributed by atoms with Gasteiger partial charge in [-0.2, -0.15) is 5.10 Å². The van der Waals surface area contributed by atoms with Crippen LogP contribution in [0.3, 0.4) is 0 Å². The lowest BCUT2D eigenvalue weighted by atomic mass is 9.88. The van der Waals surface area contributed by atoms with Crippen LogP contribution >= 0.6 is 0 Å². The van der Waals surface area contributed by atoms with E-state index in [4.69, 9.17) is 0 Å². The van der Waals surface area contributed by atoms with Crippen molar-refractivity contribution in [3.05, 3.63) is 17.5 Å². The predicted octanol–water partition coefficient (Wildman–Crippen LogP) is 2.29. The summed E-state index contributed by atoms with van der Waals surface area (Å²) in [4.78, 5) is 0. The number of aromatic nitrogens is 2. The highest BCUT2D eigenvalue weighted by atomic mass is 16.3. The first-order valence-electron chi connectivity index (χ1n) is 8.05. The Bertz CT molecular complexity index is 419. The number of aliphatic hydroxyl groups is 1. The highest BCUT2D eigenvalue weighted by Gasteiger charge is 2.28. The van der Waals surface area contributed by atoms with Gasteiger partial charge in [-0.25, -0.2) is 0 Å². The Labute approximate surface area is 122 Å². The Morgan fingerprint density at radius 2 is 2.25 bits per heavy atom. The van der Waals surface area contributed by atoms with E-state index in [0.29, 0.717) is 12.5 Å². The minimum atomic E-state index is -0.660. The zero-order chi connectivity index (χ0) is 14.6. The van der Waals surface area contributed by atoms with Crippen molar-refractivity contribution in [1.29, 1.82) is 0 Å². The topological polar surface area (TPSA) is 50.1 Å². The second kappa shape index (κ2) is 6.72. The van der Waals surface area contributed by atoms with Crippen molar-refractivity contribution in [2.45, 2.75) is 77.5 Å². The van der Waals surface area contributed by atoms with Gasteiger partial charge in [0.1, 0.15) is 0 Å². The van der Waals surface area contributed by atoms with Gasteiger partial charge in [-0.3, -0.25) is 4.68 Å². The van der Waals surface area contributed by atoms with Gasteiger partial charge < -0.3 is 10.4 Å². The molecule has 1 aliphatic heterocycles. The van der Waals surface area contributed by atoms with E-state index in [2.05, 4.69) is 30.3 Å². The van der Waals surface area contributed by atoms with Crippen LogP contribution in [-0.4, -0.2) is 33.1 Å². The number of hydrogen-bond donors (Lipinski definition) is 2. The summed E-state index contributed by atoms with van der Waals surface area (Å²) >= 11 is 0. The lowest BCUT2D eigenvalue weighted by Crippen LogP contribution is -2.42. The molecule has 2 unspecified atom stereocenters. The SMILES string of the molecule is CCc1cc(CC(C)(O)CC2CCCCN2)n(CC)n1. The smallest absolute Gasteiger partial charge is 0.0689 e. The van der Waals surface area contributed by atoms with Crippen molar-refractivity contribution >= 4 is 0 Å². The largest absolute Gasteiger partial charge is 0.390 e.